The molecular formula is C29H25F5N5O8P. The zero-order valence-electron chi connectivity index (χ0n) is 24.7. The first kappa shape index (κ1) is 34.6. The largest absolute Gasteiger partial charge is 0.494 e. The number of phosphoric acid groups is 1. The first-order chi connectivity index (χ1) is 22.6. The van der Waals surface area contributed by atoms with Crippen molar-refractivity contribution in [2.75, 3.05) is 13.2 Å². The second-order valence-corrected chi connectivity index (χ2v) is 11.6. The molecule has 0 spiro atoms. The van der Waals surface area contributed by atoms with Crippen LogP contribution in [0.3, 0.4) is 0 Å². The predicted molar refractivity (Wildman–Crippen MR) is 154 cm³/mol. The van der Waals surface area contributed by atoms with Gasteiger partial charge in [0.2, 0.25) is 5.54 Å². The maximum atomic E-state index is 14.5. The summed E-state index contributed by atoms with van der Waals surface area (Å²) in [5, 5.41) is 18.5. The standard InChI is InChI=1S/C29H25F5N5O8P/c1-2-10-45-16-7-8-17(19(12-16)29(32,33)34)21-13-24(47-38-21)28(27(40)41,9-4-11-46-48(42,43)44)39-15-23-22(14-35-39)36-26(37-23)18-5-3-6-20(30)25(18)31/h3,5-8,12-15H,2,4,9-11H2,1H3,(H,40,41)(H2,42,43,44). The number of carbonyl (C=O) groups is 1. The van der Waals surface area contributed by atoms with Gasteiger partial charge in [-0.3, -0.25) is 4.52 Å². The highest BCUT2D eigenvalue weighted by Gasteiger charge is 2.47. The number of halogens is 5. The van der Waals surface area contributed by atoms with Crippen molar-refractivity contribution >= 4 is 13.8 Å². The molecule has 1 aromatic heterocycles. The minimum absolute atomic E-state index is 0.0393. The fraction of sp³-hybridized carbons (Fsp3) is 0.276. The number of hydrogen-bond acceptors (Lipinski definition) is 9. The van der Waals surface area contributed by atoms with Crippen molar-refractivity contribution in [1.82, 2.24) is 24.9 Å². The smallest absolute Gasteiger partial charge is 0.469 e. The molecule has 1 unspecified atom stereocenters. The van der Waals surface area contributed by atoms with Gasteiger partial charge in [0.15, 0.2) is 23.2 Å². The molecule has 13 nitrogen and oxygen atoms in total. The van der Waals surface area contributed by atoms with E-state index in [2.05, 4.69) is 24.7 Å². The monoisotopic (exact) mass is 697 g/mol. The van der Waals surface area contributed by atoms with Crippen molar-refractivity contribution in [3.63, 3.8) is 0 Å². The quantitative estimate of drug-likeness (QED) is 0.0753. The van der Waals surface area contributed by atoms with E-state index in [-0.39, 0.29) is 41.6 Å². The maximum absolute atomic E-state index is 14.5. The summed E-state index contributed by atoms with van der Waals surface area (Å²) in [6.45, 7) is 1.31. The van der Waals surface area contributed by atoms with Gasteiger partial charge < -0.3 is 24.2 Å². The number of nitrogens with zero attached hydrogens (tertiary/aromatic N) is 5. The number of alkyl halides is 3. The fourth-order valence-electron chi connectivity index (χ4n) is 4.89. The van der Waals surface area contributed by atoms with Gasteiger partial charge in [-0.25, -0.2) is 32.8 Å². The number of phosphoric ester groups is 1. The summed E-state index contributed by atoms with van der Waals surface area (Å²) >= 11 is 0. The topological polar surface area (TPSA) is 183 Å². The Morgan fingerprint density at radius 2 is 1.77 bits per heavy atom. The average molecular weight is 698 g/mol. The number of ether oxygens (including phenoxy) is 1. The molecule has 0 saturated heterocycles. The number of fused-ring (bicyclic) bond motifs is 1. The molecule has 2 aromatic carbocycles. The van der Waals surface area contributed by atoms with Crippen LogP contribution in [0.4, 0.5) is 22.0 Å². The van der Waals surface area contributed by atoms with Gasteiger partial charge in [0.1, 0.15) is 22.8 Å². The summed E-state index contributed by atoms with van der Waals surface area (Å²) in [7, 11) is -4.95. The lowest BCUT2D eigenvalue weighted by Gasteiger charge is -2.28. The Balaban J connectivity index is 1.63. The Labute approximate surface area is 267 Å². The molecule has 0 radical (unpaired) electrons. The summed E-state index contributed by atoms with van der Waals surface area (Å²) < 4.78 is 98.0. The normalized spacial score (nSPS) is 13.5. The van der Waals surface area contributed by atoms with Crippen LogP contribution in [0.1, 0.15) is 37.5 Å². The lowest BCUT2D eigenvalue weighted by atomic mass is 9.89. The third kappa shape index (κ3) is 7.06. The molecule has 0 fully saturated rings. The number of rotatable bonds is 13. The van der Waals surface area contributed by atoms with Gasteiger partial charge in [0, 0.05) is 11.6 Å². The Hall–Kier alpha value is -4.77. The van der Waals surface area contributed by atoms with Crippen LogP contribution in [0, 0.1) is 11.6 Å². The molecule has 19 heteroatoms. The average Bonchev–Trinajstić information content (AvgIpc) is 3.68. The Bertz CT molecular complexity index is 1960. The third-order valence-electron chi connectivity index (χ3n) is 7.11. The van der Waals surface area contributed by atoms with Gasteiger partial charge in [0.25, 0.3) is 0 Å². The summed E-state index contributed by atoms with van der Waals surface area (Å²) in [6, 6.07) is 7.49. The Kier molecular flexibility index (Phi) is 9.64. The van der Waals surface area contributed by atoms with Crippen molar-refractivity contribution in [2.24, 2.45) is 0 Å². The minimum atomic E-state index is -4.95. The van der Waals surface area contributed by atoms with Crippen LogP contribution in [0.25, 0.3) is 34.0 Å². The van der Waals surface area contributed by atoms with Gasteiger partial charge in [-0.05, 0) is 49.6 Å². The van der Waals surface area contributed by atoms with E-state index in [1.165, 1.54) is 18.2 Å². The first-order valence-electron chi connectivity index (χ1n) is 14.1. The number of aromatic nitrogens is 5. The lowest BCUT2D eigenvalue weighted by Crippen LogP contribution is -2.44. The highest BCUT2D eigenvalue weighted by molar-refractivity contribution is 7.46. The van der Waals surface area contributed by atoms with Crippen LogP contribution in [-0.4, -0.2) is 59.0 Å². The van der Waals surface area contributed by atoms with E-state index in [0.717, 1.165) is 41.3 Å². The fourth-order valence-corrected chi connectivity index (χ4v) is 5.26. The maximum Gasteiger partial charge on any atom is 0.469 e. The number of carboxylic acids is 1. The molecule has 3 aromatic rings. The predicted octanol–water partition coefficient (Wildman–Crippen LogP) is 5.90. The minimum Gasteiger partial charge on any atom is -0.494 e. The van der Waals surface area contributed by atoms with E-state index in [9.17, 15) is 36.4 Å². The highest BCUT2D eigenvalue weighted by Crippen LogP contribution is 2.42. The second kappa shape index (κ2) is 13.4. The van der Waals surface area contributed by atoms with Crippen LogP contribution < -0.4 is 4.74 Å². The zero-order valence-corrected chi connectivity index (χ0v) is 25.6. The van der Waals surface area contributed by atoms with Gasteiger partial charge in [-0.2, -0.15) is 18.3 Å². The molecule has 1 atom stereocenters. The van der Waals surface area contributed by atoms with Gasteiger partial charge in [-0.15, -0.1) is 0 Å². The summed E-state index contributed by atoms with van der Waals surface area (Å²) in [6.07, 6.45) is -3.06. The Morgan fingerprint density at radius 1 is 1.02 bits per heavy atom. The number of hydrogen-bond donors (Lipinski definition) is 3. The lowest BCUT2D eigenvalue weighted by molar-refractivity contribution is -0.147. The van der Waals surface area contributed by atoms with Crippen molar-refractivity contribution in [3.8, 4) is 39.8 Å². The van der Waals surface area contributed by atoms with Crippen molar-refractivity contribution < 1.29 is 60.0 Å². The molecule has 0 amide bonds. The first-order valence-corrected chi connectivity index (χ1v) is 15.6. The van der Waals surface area contributed by atoms with Crippen molar-refractivity contribution in [1.29, 1.82) is 0 Å². The molecule has 0 bridgehead atoms. The van der Waals surface area contributed by atoms with E-state index in [4.69, 9.17) is 19.0 Å². The third-order valence-corrected chi connectivity index (χ3v) is 7.63. The van der Waals surface area contributed by atoms with E-state index in [1.807, 2.05) is 0 Å². The molecule has 254 valence electrons. The van der Waals surface area contributed by atoms with E-state index in [0.29, 0.717) is 6.42 Å². The van der Waals surface area contributed by atoms with Gasteiger partial charge >= 0.3 is 20.0 Å². The van der Waals surface area contributed by atoms with Crippen LogP contribution in [0.2, 0.25) is 0 Å². The molecule has 5 rings (SSSR count). The number of benzene rings is 2. The van der Waals surface area contributed by atoms with Gasteiger partial charge in [0.05, 0.1) is 36.7 Å². The molecule has 48 heavy (non-hydrogen) atoms. The van der Waals surface area contributed by atoms with Crippen LogP contribution in [0.5, 0.6) is 5.75 Å². The van der Waals surface area contributed by atoms with Gasteiger partial charge in [-0.1, -0.05) is 18.1 Å². The Morgan fingerprint density at radius 3 is 2.46 bits per heavy atom. The van der Waals surface area contributed by atoms with Crippen molar-refractivity contribution in [2.45, 2.75) is 37.9 Å². The summed E-state index contributed by atoms with van der Waals surface area (Å²) in [4.78, 5) is 39.6. The molecular weight excluding hydrogens is 672 g/mol. The van der Waals surface area contributed by atoms with Crippen molar-refractivity contribution in [3.05, 3.63) is 77.8 Å². The van der Waals surface area contributed by atoms with Crippen LogP contribution >= 0.6 is 7.82 Å². The molecule has 0 saturated carbocycles. The number of carboxylic acid groups (broad SMARTS) is 1. The van der Waals surface area contributed by atoms with E-state index in [1.54, 1.807) is 6.92 Å². The molecule has 0 aliphatic carbocycles. The highest BCUT2D eigenvalue weighted by atomic mass is 31.2. The molecule has 3 heterocycles. The SMILES string of the molecule is CCCOc1ccc(-c2cc(C(CCCOP(=O)(O)O)(C(=O)O)n3cc4nc(-c5cccc(F)c5F)nc-4cn3)on2)c(C(F)(F)F)c1. The summed E-state index contributed by atoms with van der Waals surface area (Å²) in [5.74, 6) is -4.86. The number of imidazole rings is 1. The van der Waals surface area contributed by atoms with E-state index >= 15 is 0 Å². The summed E-state index contributed by atoms with van der Waals surface area (Å²) in [5.41, 5.74) is -4.68. The van der Waals surface area contributed by atoms with Crippen LogP contribution in [-0.2, 0) is 25.6 Å². The van der Waals surface area contributed by atoms with Crippen LogP contribution in [0.15, 0.2) is 59.4 Å². The molecule has 2 aliphatic rings. The van der Waals surface area contributed by atoms with E-state index < -0.39 is 72.8 Å². The zero-order chi connectivity index (χ0) is 34.9. The second-order valence-electron chi connectivity index (χ2n) is 10.4. The molecule has 3 N–H and O–H groups in total. The molecule has 2 aliphatic heterocycles. The number of aliphatic carboxylic acids is 1.